The quantitative estimate of drug-likeness (QED) is 0.396. The van der Waals surface area contributed by atoms with Crippen molar-refractivity contribution in [2.75, 3.05) is 13.1 Å². The van der Waals surface area contributed by atoms with E-state index in [2.05, 4.69) is 24.3 Å². The number of ether oxygens (including phenoxy) is 1. The van der Waals surface area contributed by atoms with Crippen molar-refractivity contribution in [3.63, 3.8) is 0 Å². The molecule has 7 heteroatoms. The topological polar surface area (TPSA) is 67.5 Å². The third-order valence-electron chi connectivity index (χ3n) is 6.74. The van der Waals surface area contributed by atoms with Gasteiger partial charge in [-0.1, -0.05) is 54.3 Å². The van der Waals surface area contributed by atoms with E-state index in [0.29, 0.717) is 40.8 Å². The summed E-state index contributed by atoms with van der Waals surface area (Å²) in [6, 6.07) is 15.1. The lowest BCUT2D eigenvalue weighted by Crippen LogP contribution is -2.56. The van der Waals surface area contributed by atoms with Gasteiger partial charge in [-0.2, -0.15) is 0 Å². The second-order valence-corrected chi connectivity index (χ2v) is 10.3. The number of rotatable bonds is 8. The van der Waals surface area contributed by atoms with Gasteiger partial charge in [-0.05, 0) is 61.7 Å². The Labute approximate surface area is 205 Å². The summed E-state index contributed by atoms with van der Waals surface area (Å²) in [6.07, 6.45) is 4.18. The van der Waals surface area contributed by atoms with Crippen LogP contribution in [0.3, 0.4) is 0 Å². The number of nitrogens with zero attached hydrogens (tertiary/aromatic N) is 1. The molecule has 0 amide bonds. The van der Waals surface area contributed by atoms with Crippen LogP contribution in [0.25, 0.3) is 11.3 Å². The standard InChI is InChI=1S/C26H30Cl2N2O3/c1-25(2)17-29-14-12-26(25,31)11-9-21(15-18-3-5-19(27)6-4-18)32-23-8-7-20(28)16-22(23)24-10-13-30-33-24/h3-8,10,13,16,21,29,31H,9,11-12,14-15,17H2,1-2H3. The predicted molar refractivity (Wildman–Crippen MR) is 132 cm³/mol. The molecule has 0 spiro atoms. The van der Waals surface area contributed by atoms with Gasteiger partial charge in [0, 0.05) is 34.5 Å². The second-order valence-electron chi connectivity index (χ2n) is 9.47. The lowest BCUT2D eigenvalue weighted by molar-refractivity contribution is -0.0985. The number of aliphatic hydroxyl groups is 1. The Hall–Kier alpha value is -2.05. The second kappa shape index (κ2) is 10.1. The van der Waals surface area contributed by atoms with Gasteiger partial charge in [0.15, 0.2) is 5.76 Å². The molecule has 2 atom stereocenters. The average molecular weight is 489 g/mol. The van der Waals surface area contributed by atoms with Crippen LogP contribution in [0.4, 0.5) is 0 Å². The summed E-state index contributed by atoms with van der Waals surface area (Å²) in [4.78, 5) is 0. The molecule has 1 fully saturated rings. The molecule has 0 saturated carbocycles. The zero-order valence-electron chi connectivity index (χ0n) is 19.0. The Balaban J connectivity index is 1.59. The number of nitrogens with one attached hydrogen (secondary N) is 1. The van der Waals surface area contributed by atoms with E-state index in [9.17, 15) is 5.11 Å². The van der Waals surface area contributed by atoms with Crippen molar-refractivity contribution in [2.45, 2.75) is 51.2 Å². The van der Waals surface area contributed by atoms with Crippen LogP contribution in [0.2, 0.25) is 10.0 Å². The smallest absolute Gasteiger partial charge is 0.170 e. The summed E-state index contributed by atoms with van der Waals surface area (Å²) in [7, 11) is 0. The van der Waals surface area contributed by atoms with Crippen molar-refractivity contribution in [3.8, 4) is 17.1 Å². The zero-order chi connectivity index (χ0) is 23.5. The van der Waals surface area contributed by atoms with E-state index in [1.54, 1.807) is 18.3 Å². The molecule has 0 aliphatic carbocycles. The van der Waals surface area contributed by atoms with Crippen LogP contribution in [0.15, 0.2) is 59.3 Å². The Bertz CT molecular complexity index is 1050. The molecule has 176 valence electrons. The monoisotopic (exact) mass is 488 g/mol. The van der Waals surface area contributed by atoms with Crippen LogP contribution in [0.1, 0.15) is 38.7 Å². The van der Waals surface area contributed by atoms with E-state index < -0.39 is 5.60 Å². The minimum atomic E-state index is -0.756. The van der Waals surface area contributed by atoms with E-state index in [1.165, 1.54) is 0 Å². The van der Waals surface area contributed by atoms with Crippen LogP contribution in [-0.2, 0) is 6.42 Å². The van der Waals surface area contributed by atoms with Crippen LogP contribution in [-0.4, -0.2) is 35.1 Å². The van der Waals surface area contributed by atoms with Gasteiger partial charge in [0.05, 0.1) is 17.4 Å². The molecular formula is C26H30Cl2N2O3. The zero-order valence-corrected chi connectivity index (χ0v) is 20.5. The van der Waals surface area contributed by atoms with Crippen molar-refractivity contribution in [2.24, 2.45) is 5.41 Å². The number of halogens is 2. The fourth-order valence-corrected chi connectivity index (χ4v) is 4.78. The molecule has 2 unspecified atom stereocenters. The van der Waals surface area contributed by atoms with Crippen molar-refractivity contribution in [3.05, 3.63) is 70.3 Å². The number of aromatic nitrogens is 1. The maximum atomic E-state index is 11.5. The molecule has 2 N–H and O–H groups in total. The highest BCUT2D eigenvalue weighted by Crippen LogP contribution is 2.40. The molecular weight excluding hydrogens is 459 g/mol. The summed E-state index contributed by atoms with van der Waals surface area (Å²) in [5.74, 6) is 1.27. The summed E-state index contributed by atoms with van der Waals surface area (Å²) in [5, 5.41) is 20.0. The number of benzene rings is 2. The fraction of sp³-hybridized carbons (Fsp3) is 0.423. The summed E-state index contributed by atoms with van der Waals surface area (Å²) >= 11 is 12.3. The lowest BCUT2D eigenvalue weighted by atomic mass is 9.68. The Morgan fingerprint density at radius 2 is 1.88 bits per heavy atom. The van der Waals surface area contributed by atoms with E-state index in [0.717, 1.165) is 30.6 Å². The molecule has 1 aromatic heterocycles. The summed E-state index contributed by atoms with van der Waals surface area (Å²) in [5.41, 5.74) is 0.896. The fourth-order valence-electron chi connectivity index (χ4n) is 4.48. The predicted octanol–water partition coefficient (Wildman–Crippen LogP) is 6.17. The molecule has 33 heavy (non-hydrogen) atoms. The molecule has 0 bridgehead atoms. The first-order valence-corrected chi connectivity index (χ1v) is 12.1. The van der Waals surface area contributed by atoms with Crippen molar-refractivity contribution < 1.29 is 14.4 Å². The Morgan fingerprint density at radius 1 is 1.12 bits per heavy atom. The first-order valence-electron chi connectivity index (χ1n) is 11.3. The number of piperidine rings is 1. The normalized spacial score (nSPS) is 21.0. The van der Waals surface area contributed by atoms with Crippen LogP contribution >= 0.6 is 23.2 Å². The lowest BCUT2D eigenvalue weighted by Gasteiger charge is -2.47. The molecule has 4 rings (SSSR count). The highest BCUT2D eigenvalue weighted by Gasteiger charge is 2.45. The minimum absolute atomic E-state index is 0.163. The third-order valence-corrected chi connectivity index (χ3v) is 7.22. The average Bonchev–Trinajstić information content (AvgIpc) is 3.32. The number of hydrogen-bond donors (Lipinski definition) is 2. The van der Waals surface area contributed by atoms with Crippen molar-refractivity contribution >= 4 is 23.2 Å². The van der Waals surface area contributed by atoms with E-state index in [1.807, 2.05) is 36.4 Å². The molecule has 5 nitrogen and oxygen atoms in total. The number of hydrogen-bond acceptors (Lipinski definition) is 5. The maximum absolute atomic E-state index is 11.5. The highest BCUT2D eigenvalue weighted by molar-refractivity contribution is 6.31. The molecule has 1 saturated heterocycles. The van der Waals surface area contributed by atoms with E-state index in [-0.39, 0.29) is 11.5 Å². The van der Waals surface area contributed by atoms with Gasteiger partial charge in [-0.15, -0.1) is 0 Å². The van der Waals surface area contributed by atoms with Gasteiger partial charge < -0.3 is 19.7 Å². The van der Waals surface area contributed by atoms with E-state index in [4.69, 9.17) is 32.5 Å². The highest BCUT2D eigenvalue weighted by atomic mass is 35.5. The SMILES string of the molecule is CC1(C)CNCCC1(O)CCC(Cc1ccc(Cl)cc1)Oc1ccc(Cl)cc1-c1ccno1. The van der Waals surface area contributed by atoms with Crippen molar-refractivity contribution in [1.29, 1.82) is 0 Å². The Morgan fingerprint density at radius 3 is 2.58 bits per heavy atom. The molecule has 3 aromatic rings. The largest absolute Gasteiger partial charge is 0.489 e. The maximum Gasteiger partial charge on any atom is 0.170 e. The molecule has 1 aliphatic rings. The Kier molecular flexibility index (Phi) is 7.34. The first-order chi connectivity index (χ1) is 15.8. The molecule has 2 aromatic carbocycles. The first kappa shape index (κ1) is 24.1. The van der Waals surface area contributed by atoms with Gasteiger partial charge in [0.1, 0.15) is 11.9 Å². The van der Waals surface area contributed by atoms with Gasteiger partial charge in [0.2, 0.25) is 0 Å². The minimum Gasteiger partial charge on any atom is -0.489 e. The molecule has 1 aliphatic heterocycles. The molecule has 0 radical (unpaired) electrons. The third kappa shape index (κ3) is 5.72. The van der Waals surface area contributed by atoms with Gasteiger partial charge in [-0.25, -0.2) is 0 Å². The van der Waals surface area contributed by atoms with Crippen LogP contribution < -0.4 is 10.1 Å². The van der Waals surface area contributed by atoms with Crippen LogP contribution in [0, 0.1) is 5.41 Å². The van der Waals surface area contributed by atoms with Gasteiger partial charge in [0.25, 0.3) is 0 Å². The van der Waals surface area contributed by atoms with E-state index >= 15 is 0 Å². The van der Waals surface area contributed by atoms with Crippen LogP contribution in [0.5, 0.6) is 5.75 Å². The van der Waals surface area contributed by atoms with Gasteiger partial charge >= 0.3 is 0 Å². The van der Waals surface area contributed by atoms with Crippen molar-refractivity contribution in [1.82, 2.24) is 10.5 Å². The summed E-state index contributed by atoms with van der Waals surface area (Å²) < 4.78 is 11.9. The van der Waals surface area contributed by atoms with Gasteiger partial charge in [-0.3, -0.25) is 0 Å². The molecule has 2 heterocycles. The summed E-state index contributed by atoms with van der Waals surface area (Å²) in [6.45, 7) is 5.85.